The summed E-state index contributed by atoms with van der Waals surface area (Å²) in [5.41, 5.74) is 2.74. The topological polar surface area (TPSA) is 87.8 Å². The van der Waals surface area contributed by atoms with E-state index in [1.54, 1.807) is 5.01 Å². The summed E-state index contributed by atoms with van der Waals surface area (Å²) in [6, 6.07) is 10.8. The second-order valence-corrected chi connectivity index (χ2v) is 7.73. The molecule has 1 N–H and O–H groups in total. The Morgan fingerprint density at radius 2 is 2.00 bits per heavy atom. The van der Waals surface area contributed by atoms with Gasteiger partial charge in [0.1, 0.15) is 23.3 Å². The number of aryl methyl sites for hydroxylation is 2. The van der Waals surface area contributed by atoms with Crippen molar-refractivity contribution in [2.24, 2.45) is 5.10 Å². The van der Waals surface area contributed by atoms with Crippen molar-refractivity contribution in [3.8, 4) is 11.3 Å². The summed E-state index contributed by atoms with van der Waals surface area (Å²) in [5, 5.41) is 11.2. The van der Waals surface area contributed by atoms with E-state index in [-0.39, 0.29) is 18.1 Å². The molecule has 3 heterocycles. The van der Waals surface area contributed by atoms with Gasteiger partial charge in [0, 0.05) is 17.4 Å². The lowest BCUT2D eigenvalue weighted by atomic mass is 10.1. The van der Waals surface area contributed by atoms with Gasteiger partial charge in [0.25, 0.3) is 5.91 Å². The molecule has 148 valence electrons. The van der Waals surface area contributed by atoms with Gasteiger partial charge in [-0.3, -0.25) is 19.9 Å². The molecule has 8 heteroatoms. The first kappa shape index (κ1) is 19.1. The predicted molar refractivity (Wildman–Crippen MR) is 113 cm³/mol. The van der Waals surface area contributed by atoms with Crippen LogP contribution >= 0.6 is 11.3 Å². The number of ketones is 1. The lowest BCUT2D eigenvalue weighted by Crippen LogP contribution is -2.33. The highest BCUT2D eigenvalue weighted by atomic mass is 32.1. The van der Waals surface area contributed by atoms with Crippen LogP contribution in [0.3, 0.4) is 0 Å². The molecule has 1 aliphatic rings. The molecule has 0 saturated heterocycles. The van der Waals surface area contributed by atoms with E-state index in [1.165, 1.54) is 18.3 Å². The number of anilines is 2. The molecular weight excluding hydrogens is 388 g/mol. The molecule has 0 bridgehead atoms. The molecule has 3 aromatic rings. The SMILES string of the molecule is CC(=O)C1CC(C(=O)Nc2nc(-c3cc(C)oc3C)cs2)=NN1c1ccccc1. The van der Waals surface area contributed by atoms with Crippen molar-refractivity contribution in [3.05, 3.63) is 53.3 Å². The Morgan fingerprint density at radius 1 is 1.24 bits per heavy atom. The molecular formula is C21H20N4O3S. The van der Waals surface area contributed by atoms with Gasteiger partial charge in [0.05, 0.1) is 11.4 Å². The maximum Gasteiger partial charge on any atom is 0.273 e. The van der Waals surface area contributed by atoms with Crippen LogP contribution in [0, 0.1) is 13.8 Å². The van der Waals surface area contributed by atoms with Crippen LogP contribution in [-0.2, 0) is 9.59 Å². The molecule has 0 radical (unpaired) electrons. The number of hydrogen-bond acceptors (Lipinski definition) is 7. The fraction of sp³-hybridized carbons (Fsp3) is 0.238. The Labute approximate surface area is 172 Å². The lowest BCUT2D eigenvalue weighted by molar-refractivity contribution is -0.118. The van der Waals surface area contributed by atoms with Gasteiger partial charge >= 0.3 is 0 Å². The van der Waals surface area contributed by atoms with Crippen molar-refractivity contribution in [3.63, 3.8) is 0 Å². The molecule has 7 nitrogen and oxygen atoms in total. The maximum absolute atomic E-state index is 12.7. The molecule has 1 aromatic carbocycles. The van der Waals surface area contributed by atoms with Crippen LogP contribution in [0.15, 0.2) is 51.3 Å². The number of para-hydroxylation sites is 1. The number of carbonyl (C=O) groups excluding carboxylic acids is 2. The van der Waals surface area contributed by atoms with Crippen molar-refractivity contribution < 1.29 is 14.0 Å². The van der Waals surface area contributed by atoms with Crippen molar-refractivity contribution in [2.45, 2.75) is 33.2 Å². The molecule has 2 aromatic heterocycles. The van der Waals surface area contributed by atoms with E-state index in [1.807, 2.05) is 55.6 Å². The monoisotopic (exact) mass is 408 g/mol. The van der Waals surface area contributed by atoms with Crippen LogP contribution in [0.25, 0.3) is 11.3 Å². The van der Waals surface area contributed by atoms with Gasteiger partial charge in [-0.15, -0.1) is 11.3 Å². The number of furan rings is 1. The first-order valence-electron chi connectivity index (χ1n) is 9.19. The minimum Gasteiger partial charge on any atom is -0.466 e. The van der Waals surface area contributed by atoms with Gasteiger partial charge in [-0.2, -0.15) is 5.10 Å². The van der Waals surface area contributed by atoms with Gasteiger partial charge < -0.3 is 4.42 Å². The highest BCUT2D eigenvalue weighted by molar-refractivity contribution is 7.14. The second-order valence-electron chi connectivity index (χ2n) is 6.88. The molecule has 1 amide bonds. The standard InChI is InChI=1S/C21H20N4O3S/c1-12-9-16(14(3)28-12)18-11-29-21(22-18)23-20(27)17-10-19(13(2)26)25(24-17)15-7-5-4-6-8-15/h4-9,11,19H,10H2,1-3H3,(H,22,23,27). The zero-order chi connectivity index (χ0) is 20.5. The summed E-state index contributed by atoms with van der Waals surface area (Å²) in [7, 11) is 0. The van der Waals surface area contributed by atoms with Crippen LogP contribution in [0.4, 0.5) is 10.8 Å². The van der Waals surface area contributed by atoms with Gasteiger partial charge in [-0.1, -0.05) is 18.2 Å². The van der Waals surface area contributed by atoms with E-state index in [2.05, 4.69) is 15.4 Å². The maximum atomic E-state index is 12.7. The number of hydrogen-bond donors (Lipinski definition) is 1. The van der Waals surface area contributed by atoms with E-state index in [4.69, 9.17) is 4.42 Å². The third kappa shape index (κ3) is 3.84. The summed E-state index contributed by atoms with van der Waals surface area (Å²) < 4.78 is 5.55. The van der Waals surface area contributed by atoms with Gasteiger partial charge in [-0.05, 0) is 39.0 Å². The van der Waals surface area contributed by atoms with Crippen LogP contribution in [0.1, 0.15) is 24.9 Å². The van der Waals surface area contributed by atoms with E-state index in [0.29, 0.717) is 10.8 Å². The zero-order valence-electron chi connectivity index (χ0n) is 16.3. The second kappa shape index (κ2) is 7.63. The first-order chi connectivity index (χ1) is 13.9. The molecule has 1 aliphatic heterocycles. The van der Waals surface area contributed by atoms with Crippen molar-refractivity contribution in [1.29, 1.82) is 0 Å². The van der Waals surface area contributed by atoms with Crippen molar-refractivity contribution >= 4 is 39.6 Å². The van der Waals surface area contributed by atoms with Gasteiger partial charge in [0.15, 0.2) is 10.9 Å². The van der Waals surface area contributed by atoms with Crippen LogP contribution < -0.4 is 10.3 Å². The lowest BCUT2D eigenvalue weighted by Gasteiger charge is -2.20. The number of aromatic nitrogens is 1. The van der Waals surface area contributed by atoms with E-state index < -0.39 is 6.04 Å². The summed E-state index contributed by atoms with van der Waals surface area (Å²) in [4.78, 5) is 29.3. The molecule has 4 rings (SSSR count). The number of Topliss-reactive ketones (excluding diaryl/α,β-unsaturated/α-hetero) is 1. The molecule has 29 heavy (non-hydrogen) atoms. The third-order valence-electron chi connectivity index (χ3n) is 4.70. The number of thiazole rings is 1. The molecule has 0 fully saturated rings. The predicted octanol–water partition coefficient (Wildman–Crippen LogP) is 4.18. The fourth-order valence-corrected chi connectivity index (χ4v) is 4.00. The summed E-state index contributed by atoms with van der Waals surface area (Å²) >= 11 is 1.33. The largest absolute Gasteiger partial charge is 0.466 e. The van der Waals surface area contributed by atoms with Gasteiger partial charge in [-0.25, -0.2) is 4.98 Å². The van der Waals surface area contributed by atoms with Crippen LogP contribution in [-0.4, -0.2) is 28.4 Å². The van der Waals surface area contributed by atoms with Crippen LogP contribution in [0.2, 0.25) is 0 Å². The van der Waals surface area contributed by atoms with E-state index in [9.17, 15) is 9.59 Å². The zero-order valence-corrected chi connectivity index (χ0v) is 17.1. The highest BCUT2D eigenvalue weighted by Gasteiger charge is 2.34. The summed E-state index contributed by atoms with van der Waals surface area (Å²) in [6.45, 7) is 5.28. The average Bonchev–Trinajstić information content (AvgIpc) is 3.40. The minimum atomic E-state index is -0.485. The van der Waals surface area contributed by atoms with E-state index >= 15 is 0 Å². The Bertz CT molecular complexity index is 1100. The molecule has 0 aliphatic carbocycles. The van der Waals surface area contributed by atoms with Crippen molar-refractivity contribution in [1.82, 2.24) is 4.98 Å². The number of nitrogens with zero attached hydrogens (tertiary/aromatic N) is 3. The first-order valence-corrected chi connectivity index (χ1v) is 10.1. The number of carbonyl (C=O) groups is 2. The van der Waals surface area contributed by atoms with Crippen molar-refractivity contribution in [2.75, 3.05) is 10.3 Å². The van der Waals surface area contributed by atoms with Crippen LogP contribution in [0.5, 0.6) is 0 Å². The quantitative estimate of drug-likeness (QED) is 0.684. The van der Waals surface area contributed by atoms with Gasteiger partial charge in [0.2, 0.25) is 0 Å². The minimum absolute atomic E-state index is 0.0391. The Hall–Kier alpha value is -3.26. The number of rotatable bonds is 5. The summed E-state index contributed by atoms with van der Waals surface area (Å²) in [5.74, 6) is 1.21. The summed E-state index contributed by atoms with van der Waals surface area (Å²) in [6.07, 6.45) is 0.258. The normalized spacial score (nSPS) is 16.0. The Kier molecular flexibility index (Phi) is 5.02. The molecule has 0 saturated carbocycles. The van der Waals surface area contributed by atoms with E-state index in [0.717, 1.165) is 28.5 Å². The highest BCUT2D eigenvalue weighted by Crippen LogP contribution is 2.30. The number of hydrazone groups is 1. The molecule has 1 atom stereocenters. The average molecular weight is 408 g/mol. The fourth-order valence-electron chi connectivity index (χ4n) is 3.29. The Morgan fingerprint density at radius 3 is 2.66 bits per heavy atom. The number of amides is 1. The number of benzene rings is 1. The molecule has 0 spiro atoms. The number of nitrogens with one attached hydrogen (secondary N) is 1. The third-order valence-corrected chi connectivity index (χ3v) is 5.46. The Balaban J connectivity index is 1.53. The molecule has 1 unspecified atom stereocenters. The smallest absolute Gasteiger partial charge is 0.273 e.